The Hall–Kier alpha value is -1.01. The van der Waals surface area contributed by atoms with Crippen LogP contribution >= 0.6 is 0 Å². The normalized spacial score (nSPS) is 26.4. The third-order valence-corrected chi connectivity index (χ3v) is 5.38. The molecule has 3 nitrogen and oxygen atoms in total. The smallest absolute Gasteiger partial charge is 0.162 e. The van der Waals surface area contributed by atoms with Crippen molar-refractivity contribution in [1.29, 1.82) is 0 Å². The summed E-state index contributed by atoms with van der Waals surface area (Å²) in [7, 11) is -3.11. The van der Waals surface area contributed by atoms with Crippen LogP contribution in [0.5, 0.6) is 0 Å². The minimum absolute atomic E-state index is 0.0492. The topological polar surface area (TPSA) is 60.2 Å². The standard InChI is InChI=1S/C12H15F2NO2S/c13-10-3-1-2-9(11(10)14)6-12(7-15)4-5-18(16,17)8-12/h1-3H,4-8,15H2. The van der Waals surface area contributed by atoms with Gasteiger partial charge in [-0.25, -0.2) is 17.2 Å². The van der Waals surface area contributed by atoms with Gasteiger partial charge in [0.2, 0.25) is 0 Å². The quantitative estimate of drug-likeness (QED) is 0.903. The van der Waals surface area contributed by atoms with Gasteiger partial charge in [0.05, 0.1) is 11.5 Å². The summed E-state index contributed by atoms with van der Waals surface area (Å²) in [6.45, 7) is 0.155. The zero-order chi connectivity index (χ0) is 13.4. The van der Waals surface area contributed by atoms with E-state index in [4.69, 9.17) is 5.73 Å². The van der Waals surface area contributed by atoms with E-state index in [-0.39, 0.29) is 30.0 Å². The van der Waals surface area contributed by atoms with Crippen molar-refractivity contribution in [3.63, 3.8) is 0 Å². The molecule has 1 unspecified atom stereocenters. The Balaban J connectivity index is 2.29. The number of halogens is 2. The molecule has 0 spiro atoms. The van der Waals surface area contributed by atoms with Crippen molar-refractivity contribution in [3.05, 3.63) is 35.4 Å². The summed E-state index contributed by atoms with van der Waals surface area (Å²) in [4.78, 5) is 0. The highest BCUT2D eigenvalue weighted by Crippen LogP contribution is 2.35. The summed E-state index contributed by atoms with van der Waals surface area (Å²) in [5.74, 6) is -1.80. The Morgan fingerprint density at radius 1 is 1.33 bits per heavy atom. The lowest BCUT2D eigenvalue weighted by Crippen LogP contribution is -2.34. The summed E-state index contributed by atoms with van der Waals surface area (Å²) >= 11 is 0. The minimum Gasteiger partial charge on any atom is -0.330 e. The first-order valence-electron chi connectivity index (χ1n) is 5.71. The van der Waals surface area contributed by atoms with Gasteiger partial charge in [-0.1, -0.05) is 12.1 Å². The molecule has 1 atom stereocenters. The molecule has 1 saturated heterocycles. The molecule has 2 N–H and O–H groups in total. The fraction of sp³-hybridized carbons (Fsp3) is 0.500. The number of sulfone groups is 1. The molecule has 0 bridgehead atoms. The predicted octanol–water partition coefficient (Wildman–Crippen LogP) is 1.27. The molecule has 6 heteroatoms. The second-order valence-electron chi connectivity index (χ2n) is 4.94. The van der Waals surface area contributed by atoms with E-state index in [1.54, 1.807) is 0 Å². The largest absolute Gasteiger partial charge is 0.330 e. The molecule has 0 radical (unpaired) electrons. The van der Waals surface area contributed by atoms with Crippen molar-refractivity contribution in [2.24, 2.45) is 11.1 Å². The van der Waals surface area contributed by atoms with Crippen LogP contribution in [-0.4, -0.2) is 26.5 Å². The van der Waals surface area contributed by atoms with Gasteiger partial charge in [-0.2, -0.15) is 0 Å². The fourth-order valence-corrected chi connectivity index (χ4v) is 4.63. The van der Waals surface area contributed by atoms with Crippen LogP contribution in [0.25, 0.3) is 0 Å². The van der Waals surface area contributed by atoms with Crippen molar-refractivity contribution in [3.8, 4) is 0 Å². The first-order chi connectivity index (χ1) is 8.37. The lowest BCUT2D eigenvalue weighted by atomic mass is 9.81. The Kier molecular flexibility index (Phi) is 3.42. The SMILES string of the molecule is NCC1(Cc2cccc(F)c2F)CCS(=O)(=O)C1. The van der Waals surface area contributed by atoms with Crippen LogP contribution in [0, 0.1) is 17.0 Å². The zero-order valence-electron chi connectivity index (χ0n) is 9.83. The van der Waals surface area contributed by atoms with E-state index in [9.17, 15) is 17.2 Å². The Labute approximate surface area is 105 Å². The molecule has 1 aromatic carbocycles. The number of benzene rings is 1. The van der Waals surface area contributed by atoms with Gasteiger partial charge < -0.3 is 5.73 Å². The van der Waals surface area contributed by atoms with Crippen molar-refractivity contribution in [2.75, 3.05) is 18.1 Å². The first-order valence-corrected chi connectivity index (χ1v) is 7.53. The van der Waals surface area contributed by atoms with Crippen LogP contribution in [-0.2, 0) is 16.3 Å². The summed E-state index contributed by atoms with van der Waals surface area (Å²) in [5, 5.41) is 0. The highest BCUT2D eigenvalue weighted by molar-refractivity contribution is 7.91. The lowest BCUT2D eigenvalue weighted by molar-refractivity contribution is 0.336. The van der Waals surface area contributed by atoms with E-state index in [1.807, 2.05) is 0 Å². The van der Waals surface area contributed by atoms with Gasteiger partial charge >= 0.3 is 0 Å². The van der Waals surface area contributed by atoms with Crippen LogP contribution in [0.2, 0.25) is 0 Å². The average Bonchev–Trinajstić information content (AvgIpc) is 2.62. The summed E-state index contributed by atoms with van der Waals surface area (Å²) in [6.07, 6.45) is 0.564. The molecule has 1 heterocycles. The van der Waals surface area contributed by atoms with E-state index in [1.165, 1.54) is 12.1 Å². The molecule has 0 aliphatic carbocycles. The molecule has 1 fully saturated rings. The Morgan fingerprint density at radius 3 is 2.61 bits per heavy atom. The van der Waals surface area contributed by atoms with Gasteiger partial charge in [0.25, 0.3) is 0 Å². The third kappa shape index (κ3) is 2.54. The summed E-state index contributed by atoms with van der Waals surface area (Å²) in [6, 6.07) is 3.93. The molecular weight excluding hydrogens is 260 g/mol. The lowest BCUT2D eigenvalue weighted by Gasteiger charge is -2.25. The fourth-order valence-electron chi connectivity index (χ4n) is 2.44. The van der Waals surface area contributed by atoms with Crippen LogP contribution < -0.4 is 5.73 Å². The number of hydrogen-bond acceptors (Lipinski definition) is 3. The van der Waals surface area contributed by atoms with E-state index in [2.05, 4.69) is 0 Å². The van der Waals surface area contributed by atoms with E-state index >= 15 is 0 Å². The molecule has 0 aromatic heterocycles. The highest BCUT2D eigenvalue weighted by Gasteiger charge is 2.41. The molecule has 0 saturated carbocycles. The second-order valence-corrected chi connectivity index (χ2v) is 7.12. The van der Waals surface area contributed by atoms with E-state index in [0.29, 0.717) is 6.42 Å². The summed E-state index contributed by atoms with van der Waals surface area (Å²) < 4.78 is 49.7. The maximum Gasteiger partial charge on any atom is 0.162 e. The van der Waals surface area contributed by atoms with Crippen LogP contribution in [0.4, 0.5) is 8.78 Å². The van der Waals surface area contributed by atoms with Crippen LogP contribution in [0.15, 0.2) is 18.2 Å². The molecule has 100 valence electrons. The molecule has 1 aliphatic heterocycles. The first kappa shape index (κ1) is 13.4. The van der Waals surface area contributed by atoms with Gasteiger partial charge in [-0.15, -0.1) is 0 Å². The van der Waals surface area contributed by atoms with Crippen molar-refractivity contribution < 1.29 is 17.2 Å². The molecule has 0 amide bonds. The van der Waals surface area contributed by atoms with Crippen molar-refractivity contribution in [1.82, 2.24) is 0 Å². The van der Waals surface area contributed by atoms with Crippen LogP contribution in [0.3, 0.4) is 0 Å². The third-order valence-electron chi connectivity index (χ3n) is 3.50. The maximum absolute atomic E-state index is 13.6. The Morgan fingerprint density at radius 2 is 2.06 bits per heavy atom. The summed E-state index contributed by atoms with van der Waals surface area (Å²) in [5.41, 5.74) is 5.18. The minimum atomic E-state index is -3.11. The zero-order valence-corrected chi connectivity index (χ0v) is 10.6. The van der Waals surface area contributed by atoms with Crippen molar-refractivity contribution >= 4 is 9.84 Å². The molecular formula is C12H15F2NO2S. The molecule has 2 rings (SSSR count). The number of rotatable bonds is 3. The van der Waals surface area contributed by atoms with Gasteiger partial charge in [0.1, 0.15) is 0 Å². The molecule has 1 aliphatic rings. The van der Waals surface area contributed by atoms with E-state index in [0.717, 1.165) is 6.07 Å². The number of hydrogen-bond donors (Lipinski definition) is 1. The molecule has 18 heavy (non-hydrogen) atoms. The van der Waals surface area contributed by atoms with Gasteiger partial charge in [0.15, 0.2) is 21.5 Å². The highest BCUT2D eigenvalue weighted by atomic mass is 32.2. The van der Waals surface area contributed by atoms with Crippen LogP contribution in [0.1, 0.15) is 12.0 Å². The number of nitrogens with two attached hydrogens (primary N) is 1. The monoisotopic (exact) mass is 275 g/mol. The van der Waals surface area contributed by atoms with Crippen molar-refractivity contribution in [2.45, 2.75) is 12.8 Å². The average molecular weight is 275 g/mol. The van der Waals surface area contributed by atoms with E-state index < -0.39 is 26.9 Å². The predicted molar refractivity (Wildman–Crippen MR) is 64.8 cm³/mol. The maximum atomic E-state index is 13.6. The Bertz CT molecular complexity index is 559. The van der Waals surface area contributed by atoms with Gasteiger partial charge in [-0.3, -0.25) is 0 Å². The van der Waals surface area contributed by atoms with Gasteiger partial charge in [0, 0.05) is 5.41 Å². The van der Waals surface area contributed by atoms with Gasteiger partial charge in [-0.05, 0) is 31.0 Å². The molecule has 1 aromatic rings. The second kappa shape index (κ2) is 4.59.